The minimum absolute atomic E-state index is 0.290. The number of rotatable bonds is 5. The summed E-state index contributed by atoms with van der Waals surface area (Å²) >= 11 is 6.07. The molecule has 22 heavy (non-hydrogen) atoms. The molecular formula is C17H24ClN3O. The quantitative estimate of drug-likeness (QED) is 0.647. The van der Waals surface area contributed by atoms with Crippen molar-refractivity contribution in [2.75, 3.05) is 19.7 Å². The first-order valence-corrected chi connectivity index (χ1v) is 8.56. The maximum atomic E-state index is 6.07. The third-order valence-corrected chi connectivity index (χ3v) is 4.45. The van der Waals surface area contributed by atoms with Crippen molar-refractivity contribution in [1.82, 2.24) is 10.6 Å². The van der Waals surface area contributed by atoms with Gasteiger partial charge in [-0.3, -0.25) is 4.99 Å². The van der Waals surface area contributed by atoms with Crippen LogP contribution < -0.4 is 10.6 Å². The summed E-state index contributed by atoms with van der Waals surface area (Å²) in [5.74, 6) is 1.43. The summed E-state index contributed by atoms with van der Waals surface area (Å²) in [5.41, 5.74) is 1.31. The molecule has 0 radical (unpaired) electrons. The number of aliphatic imine (C=N–C) groups is 1. The Bertz CT molecular complexity index is 528. The molecule has 0 aromatic heterocycles. The van der Waals surface area contributed by atoms with Crippen LogP contribution in [-0.4, -0.2) is 37.8 Å². The monoisotopic (exact) mass is 321 g/mol. The lowest BCUT2D eigenvalue weighted by Crippen LogP contribution is -2.39. The third-order valence-electron chi connectivity index (χ3n) is 4.21. The van der Waals surface area contributed by atoms with Crippen molar-refractivity contribution in [2.45, 2.75) is 44.2 Å². The molecule has 3 rings (SSSR count). The zero-order chi connectivity index (χ0) is 15.4. The molecule has 2 N–H and O–H groups in total. The van der Waals surface area contributed by atoms with E-state index < -0.39 is 0 Å². The van der Waals surface area contributed by atoms with E-state index in [2.05, 4.69) is 34.7 Å². The predicted octanol–water partition coefficient (Wildman–Crippen LogP) is 2.93. The van der Waals surface area contributed by atoms with Crippen LogP contribution >= 0.6 is 11.6 Å². The molecule has 0 amide bonds. The van der Waals surface area contributed by atoms with Crippen LogP contribution in [-0.2, 0) is 4.74 Å². The van der Waals surface area contributed by atoms with Gasteiger partial charge in [0.25, 0.3) is 0 Å². The fourth-order valence-electron chi connectivity index (χ4n) is 2.94. The lowest BCUT2D eigenvalue weighted by molar-refractivity contribution is 0.117. The van der Waals surface area contributed by atoms with Crippen molar-refractivity contribution in [1.29, 1.82) is 0 Å². The van der Waals surface area contributed by atoms with E-state index >= 15 is 0 Å². The van der Waals surface area contributed by atoms with Crippen molar-refractivity contribution in [3.8, 4) is 0 Å². The van der Waals surface area contributed by atoms with E-state index in [4.69, 9.17) is 16.3 Å². The Kier molecular flexibility index (Phi) is 5.21. The highest BCUT2D eigenvalue weighted by Gasteiger charge is 2.39. The fraction of sp³-hybridized carbons (Fsp3) is 0.588. The van der Waals surface area contributed by atoms with Crippen LogP contribution in [0.2, 0.25) is 5.02 Å². The summed E-state index contributed by atoms with van der Waals surface area (Å²) in [4.78, 5) is 4.66. The van der Waals surface area contributed by atoms with Crippen LogP contribution in [0.3, 0.4) is 0 Å². The van der Waals surface area contributed by atoms with Gasteiger partial charge in [-0.15, -0.1) is 0 Å². The minimum Gasteiger partial charge on any atom is -0.376 e. The van der Waals surface area contributed by atoms with Gasteiger partial charge in [0.2, 0.25) is 0 Å². The Morgan fingerprint density at radius 2 is 2.36 bits per heavy atom. The first kappa shape index (κ1) is 15.6. The van der Waals surface area contributed by atoms with E-state index in [1.807, 2.05) is 12.1 Å². The van der Waals surface area contributed by atoms with Crippen LogP contribution in [0.1, 0.15) is 37.7 Å². The number of ether oxygens (including phenoxy) is 1. The number of halogens is 1. The van der Waals surface area contributed by atoms with Gasteiger partial charge in [-0.1, -0.05) is 23.7 Å². The van der Waals surface area contributed by atoms with E-state index in [1.165, 1.54) is 5.56 Å². The van der Waals surface area contributed by atoms with E-state index in [1.54, 1.807) is 0 Å². The number of nitrogens with zero attached hydrogens (tertiary/aromatic N) is 1. The molecule has 1 aromatic rings. The van der Waals surface area contributed by atoms with Gasteiger partial charge in [0.15, 0.2) is 5.96 Å². The Labute approximate surface area is 137 Å². The van der Waals surface area contributed by atoms with Crippen LogP contribution in [0, 0.1) is 0 Å². The van der Waals surface area contributed by atoms with Gasteiger partial charge in [-0.2, -0.15) is 0 Å². The molecule has 2 aliphatic rings. The molecule has 0 bridgehead atoms. The smallest absolute Gasteiger partial charge is 0.191 e. The zero-order valence-electron chi connectivity index (χ0n) is 13.0. The first-order valence-electron chi connectivity index (χ1n) is 8.18. The van der Waals surface area contributed by atoms with Gasteiger partial charge >= 0.3 is 0 Å². The van der Waals surface area contributed by atoms with Gasteiger partial charge < -0.3 is 15.4 Å². The van der Waals surface area contributed by atoms with Crippen LogP contribution in [0.25, 0.3) is 0 Å². The zero-order valence-corrected chi connectivity index (χ0v) is 13.8. The minimum atomic E-state index is 0.290. The molecule has 1 aromatic carbocycles. The van der Waals surface area contributed by atoms with Crippen molar-refractivity contribution in [3.63, 3.8) is 0 Å². The molecule has 4 nitrogen and oxygen atoms in total. The lowest BCUT2D eigenvalue weighted by Gasteiger charge is -2.13. The molecule has 3 atom stereocenters. The summed E-state index contributed by atoms with van der Waals surface area (Å²) in [7, 11) is 0. The molecule has 1 heterocycles. The van der Waals surface area contributed by atoms with E-state index in [0.29, 0.717) is 18.1 Å². The summed E-state index contributed by atoms with van der Waals surface area (Å²) in [6.45, 7) is 4.57. The molecule has 2 fully saturated rings. The predicted molar refractivity (Wildman–Crippen MR) is 90.7 cm³/mol. The van der Waals surface area contributed by atoms with Crippen molar-refractivity contribution >= 4 is 17.6 Å². The van der Waals surface area contributed by atoms with Gasteiger partial charge in [0.05, 0.1) is 12.6 Å². The summed E-state index contributed by atoms with van der Waals surface area (Å²) in [5, 5.41) is 7.65. The molecule has 0 spiro atoms. The first-order chi connectivity index (χ1) is 10.8. The van der Waals surface area contributed by atoms with Crippen LogP contribution in [0.5, 0.6) is 0 Å². The summed E-state index contributed by atoms with van der Waals surface area (Å²) < 4.78 is 5.63. The normalized spacial score (nSPS) is 27.7. The molecular weight excluding hydrogens is 298 g/mol. The van der Waals surface area contributed by atoms with Crippen LogP contribution in [0.15, 0.2) is 29.3 Å². The molecule has 5 heteroatoms. The van der Waals surface area contributed by atoms with E-state index in [-0.39, 0.29) is 0 Å². The standard InChI is InChI=1S/C17H24ClN3O/c1-2-19-17(20-11-14-7-4-8-22-14)21-16-10-15(16)12-5-3-6-13(18)9-12/h3,5-6,9,14-16H,2,4,7-8,10-11H2,1H3,(H2,19,20,21). The summed E-state index contributed by atoms with van der Waals surface area (Å²) in [6.07, 6.45) is 3.70. The highest BCUT2D eigenvalue weighted by Crippen LogP contribution is 2.41. The number of hydrogen-bond donors (Lipinski definition) is 2. The molecule has 1 aliphatic carbocycles. The lowest BCUT2D eigenvalue weighted by atomic mass is 10.1. The van der Waals surface area contributed by atoms with Crippen LogP contribution in [0.4, 0.5) is 0 Å². The number of benzene rings is 1. The Balaban J connectivity index is 1.54. The Hall–Kier alpha value is -1.26. The molecule has 120 valence electrons. The number of guanidine groups is 1. The topological polar surface area (TPSA) is 45.7 Å². The van der Waals surface area contributed by atoms with Crippen molar-refractivity contribution < 1.29 is 4.74 Å². The second-order valence-corrected chi connectivity index (χ2v) is 6.44. The summed E-state index contributed by atoms with van der Waals surface area (Å²) in [6, 6.07) is 8.59. The SMILES string of the molecule is CCNC(=NCC1CCCO1)NC1CC1c1cccc(Cl)c1. The second-order valence-electron chi connectivity index (χ2n) is 6.00. The Morgan fingerprint density at radius 3 is 3.09 bits per heavy atom. The fourth-order valence-corrected chi connectivity index (χ4v) is 3.14. The highest BCUT2D eigenvalue weighted by molar-refractivity contribution is 6.30. The Morgan fingerprint density at radius 1 is 1.45 bits per heavy atom. The van der Waals surface area contributed by atoms with Crippen molar-refractivity contribution in [2.24, 2.45) is 4.99 Å². The van der Waals surface area contributed by atoms with Gasteiger partial charge in [-0.05, 0) is 43.9 Å². The molecule has 1 aliphatic heterocycles. The molecule has 3 unspecified atom stereocenters. The molecule has 1 saturated carbocycles. The third kappa shape index (κ3) is 4.14. The largest absolute Gasteiger partial charge is 0.376 e. The highest BCUT2D eigenvalue weighted by atomic mass is 35.5. The van der Waals surface area contributed by atoms with Gasteiger partial charge in [0.1, 0.15) is 0 Å². The maximum Gasteiger partial charge on any atom is 0.191 e. The average molecular weight is 322 g/mol. The maximum absolute atomic E-state index is 6.07. The van der Waals surface area contributed by atoms with Gasteiger partial charge in [0, 0.05) is 30.1 Å². The van der Waals surface area contributed by atoms with Crippen molar-refractivity contribution in [3.05, 3.63) is 34.9 Å². The second kappa shape index (κ2) is 7.34. The van der Waals surface area contributed by atoms with Gasteiger partial charge in [-0.25, -0.2) is 0 Å². The van der Waals surface area contributed by atoms with E-state index in [9.17, 15) is 0 Å². The number of hydrogen-bond acceptors (Lipinski definition) is 2. The van der Waals surface area contributed by atoms with E-state index in [0.717, 1.165) is 49.9 Å². The average Bonchev–Trinajstić information content (AvgIpc) is 3.07. The number of nitrogens with one attached hydrogen (secondary N) is 2. The molecule has 1 saturated heterocycles.